The molecule has 0 bridgehead atoms. The first-order valence-corrected chi connectivity index (χ1v) is 8.14. The molecule has 0 amide bonds. The molecule has 1 heterocycles. The lowest BCUT2D eigenvalue weighted by Gasteiger charge is -2.22. The molecule has 0 spiro atoms. The van der Waals surface area contributed by atoms with Gasteiger partial charge in [0.25, 0.3) is 0 Å². The van der Waals surface area contributed by atoms with Crippen LogP contribution in [0.2, 0.25) is 0 Å². The van der Waals surface area contributed by atoms with Crippen molar-refractivity contribution >= 4 is 5.96 Å². The third-order valence-electron chi connectivity index (χ3n) is 4.05. The van der Waals surface area contributed by atoms with Crippen LogP contribution in [0.4, 0.5) is 0 Å². The highest BCUT2D eigenvalue weighted by Crippen LogP contribution is 2.33. The molecule has 1 aromatic carbocycles. The minimum absolute atomic E-state index is 0.319. The minimum atomic E-state index is 0.319. The Kier molecular flexibility index (Phi) is 4.71. The lowest BCUT2D eigenvalue weighted by atomic mass is 10.2. The number of benzene rings is 1. The fourth-order valence-corrected chi connectivity index (χ4v) is 2.62. The zero-order valence-corrected chi connectivity index (χ0v) is 13.5. The van der Waals surface area contributed by atoms with Crippen molar-refractivity contribution in [1.82, 2.24) is 10.2 Å². The number of hydrogen-bond donors (Lipinski definition) is 1. The molecule has 1 saturated carbocycles. The summed E-state index contributed by atoms with van der Waals surface area (Å²) in [4.78, 5) is 6.90. The summed E-state index contributed by atoms with van der Waals surface area (Å²) in [6.07, 6.45) is 3.99. The number of rotatable bonds is 6. The summed E-state index contributed by atoms with van der Waals surface area (Å²) < 4.78 is 10.8. The first-order chi connectivity index (χ1) is 10.8. The van der Waals surface area contributed by atoms with Crippen LogP contribution in [-0.2, 0) is 6.54 Å². The Morgan fingerprint density at radius 2 is 2.14 bits per heavy atom. The van der Waals surface area contributed by atoms with E-state index in [1.807, 2.05) is 12.1 Å². The summed E-state index contributed by atoms with van der Waals surface area (Å²) in [6, 6.07) is 6.10. The molecule has 0 radical (unpaired) electrons. The van der Waals surface area contributed by atoms with Gasteiger partial charge in [0.05, 0.1) is 0 Å². The second-order valence-corrected chi connectivity index (χ2v) is 6.01. The van der Waals surface area contributed by atoms with Gasteiger partial charge in [0.15, 0.2) is 17.5 Å². The lowest BCUT2D eigenvalue weighted by molar-refractivity contribution is 0.174. The zero-order valence-electron chi connectivity index (χ0n) is 13.5. The molecular formula is C17H25N3O2. The molecule has 1 aliphatic carbocycles. The highest BCUT2D eigenvalue weighted by molar-refractivity contribution is 5.79. The third-order valence-corrected chi connectivity index (χ3v) is 4.05. The average Bonchev–Trinajstić information content (AvgIpc) is 3.22. The summed E-state index contributed by atoms with van der Waals surface area (Å²) >= 11 is 0. The van der Waals surface area contributed by atoms with Gasteiger partial charge in [0.1, 0.15) is 0 Å². The van der Waals surface area contributed by atoms with Crippen LogP contribution in [0.1, 0.15) is 31.7 Å². The van der Waals surface area contributed by atoms with E-state index in [0.717, 1.165) is 43.0 Å². The lowest BCUT2D eigenvalue weighted by Crippen LogP contribution is -2.38. The molecule has 5 nitrogen and oxygen atoms in total. The molecule has 22 heavy (non-hydrogen) atoms. The third kappa shape index (κ3) is 3.84. The predicted molar refractivity (Wildman–Crippen MR) is 87.4 cm³/mol. The van der Waals surface area contributed by atoms with E-state index in [9.17, 15) is 0 Å². The Labute approximate surface area is 132 Å². The molecule has 1 fully saturated rings. The first kappa shape index (κ1) is 15.0. The Morgan fingerprint density at radius 1 is 1.32 bits per heavy atom. The maximum atomic E-state index is 5.44. The van der Waals surface area contributed by atoms with Gasteiger partial charge in [0, 0.05) is 26.7 Å². The smallest absolute Gasteiger partial charge is 0.231 e. The molecule has 2 aliphatic rings. The standard InChI is InChI=1S/C17H25N3O2/c1-3-18-17(19-9-8-13-4-5-13)20(2)11-14-6-7-15-16(10-14)22-12-21-15/h6-7,10,13H,3-5,8-9,11-12H2,1-2H3,(H,18,19). The van der Waals surface area contributed by atoms with Crippen molar-refractivity contribution in [2.75, 3.05) is 26.9 Å². The normalized spacial score (nSPS) is 16.7. The van der Waals surface area contributed by atoms with E-state index in [-0.39, 0.29) is 0 Å². The van der Waals surface area contributed by atoms with Gasteiger partial charge in [-0.25, -0.2) is 0 Å². The molecule has 0 unspecified atom stereocenters. The summed E-state index contributed by atoms with van der Waals surface area (Å²) in [5, 5.41) is 3.37. The van der Waals surface area contributed by atoms with Gasteiger partial charge in [-0.05, 0) is 37.0 Å². The van der Waals surface area contributed by atoms with Crippen LogP contribution in [0.5, 0.6) is 11.5 Å². The second-order valence-electron chi connectivity index (χ2n) is 6.01. The topological polar surface area (TPSA) is 46.1 Å². The summed E-state index contributed by atoms with van der Waals surface area (Å²) in [5.74, 6) is 3.56. The van der Waals surface area contributed by atoms with Gasteiger partial charge >= 0.3 is 0 Å². The van der Waals surface area contributed by atoms with Gasteiger partial charge in [-0.15, -0.1) is 0 Å². The minimum Gasteiger partial charge on any atom is -0.454 e. The van der Waals surface area contributed by atoms with Gasteiger partial charge in [-0.2, -0.15) is 0 Å². The van der Waals surface area contributed by atoms with Crippen LogP contribution in [0.25, 0.3) is 0 Å². The van der Waals surface area contributed by atoms with E-state index in [1.54, 1.807) is 0 Å². The number of ether oxygens (including phenoxy) is 2. The van der Waals surface area contributed by atoms with Crippen LogP contribution in [-0.4, -0.2) is 37.8 Å². The fourth-order valence-electron chi connectivity index (χ4n) is 2.62. The molecule has 0 atom stereocenters. The van der Waals surface area contributed by atoms with Gasteiger partial charge in [0.2, 0.25) is 6.79 Å². The van der Waals surface area contributed by atoms with E-state index in [1.165, 1.54) is 24.8 Å². The van der Waals surface area contributed by atoms with Crippen LogP contribution >= 0.6 is 0 Å². The van der Waals surface area contributed by atoms with Crippen LogP contribution in [0.15, 0.2) is 23.2 Å². The summed E-state index contributed by atoms with van der Waals surface area (Å²) in [5.41, 5.74) is 1.19. The number of guanidine groups is 1. The molecule has 1 aliphatic heterocycles. The van der Waals surface area contributed by atoms with Crippen molar-refractivity contribution in [2.45, 2.75) is 32.7 Å². The molecule has 3 rings (SSSR count). The highest BCUT2D eigenvalue weighted by Gasteiger charge is 2.20. The monoisotopic (exact) mass is 303 g/mol. The van der Waals surface area contributed by atoms with Crippen LogP contribution in [0, 0.1) is 5.92 Å². The van der Waals surface area contributed by atoms with Crippen molar-refractivity contribution in [1.29, 1.82) is 0 Å². The molecular weight excluding hydrogens is 278 g/mol. The van der Waals surface area contributed by atoms with E-state index in [4.69, 9.17) is 14.5 Å². The maximum Gasteiger partial charge on any atom is 0.231 e. The first-order valence-electron chi connectivity index (χ1n) is 8.14. The maximum absolute atomic E-state index is 5.44. The number of nitrogens with one attached hydrogen (secondary N) is 1. The van der Waals surface area contributed by atoms with Crippen LogP contribution < -0.4 is 14.8 Å². The fraction of sp³-hybridized carbons (Fsp3) is 0.588. The Bertz CT molecular complexity index is 541. The Balaban J connectivity index is 1.60. The molecule has 0 aromatic heterocycles. The molecule has 120 valence electrons. The summed E-state index contributed by atoms with van der Waals surface area (Å²) in [7, 11) is 2.07. The quantitative estimate of drug-likeness (QED) is 0.648. The van der Waals surface area contributed by atoms with E-state index in [0.29, 0.717) is 6.79 Å². The number of aliphatic imine (C=N–C) groups is 1. The van der Waals surface area contributed by atoms with Gasteiger partial charge < -0.3 is 19.7 Å². The Morgan fingerprint density at radius 3 is 2.91 bits per heavy atom. The molecule has 5 heteroatoms. The van der Waals surface area contributed by atoms with Crippen molar-refractivity contribution in [3.05, 3.63) is 23.8 Å². The van der Waals surface area contributed by atoms with Gasteiger partial charge in [-0.1, -0.05) is 18.9 Å². The van der Waals surface area contributed by atoms with E-state index in [2.05, 4.69) is 30.3 Å². The molecule has 1 N–H and O–H groups in total. The predicted octanol–water partition coefficient (Wildman–Crippen LogP) is 2.61. The molecule has 0 saturated heterocycles. The second kappa shape index (κ2) is 6.90. The molecule has 1 aromatic rings. The number of hydrogen-bond acceptors (Lipinski definition) is 3. The largest absolute Gasteiger partial charge is 0.454 e. The van der Waals surface area contributed by atoms with Crippen molar-refractivity contribution < 1.29 is 9.47 Å². The highest BCUT2D eigenvalue weighted by atomic mass is 16.7. The zero-order chi connectivity index (χ0) is 15.4. The van der Waals surface area contributed by atoms with Crippen molar-refractivity contribution in [2.24, 2.45) is 10.9 Å². The van der Waals surface area contributed by atoms with Gasteiger partial charge in [-0.3, -0.25) is 4.99 Å². The SMILES string of the molecule is CCNC(=NCCC1CC1)N(C)Cc1ccc2c(c1)OCO2. The van der Waals surface area contributed by atoms with E-state index >= 15 is 0 Å². The van der Waals surface area contributed by atoms with Crippen molar-refractivity contribution in [3.63, 3.8) is 0 Å². The van der Waals surface area contributed by atoms with E-state index < -0.39 is 0 Å². The summed E-state index contributed by atoms with van der Waals surface area (Å²) in [6.45, 7) is 5.02. The number of nitrogens with zero attached hydrogens (tertiary/aromatic N) is 2. The van der Waals surface area contributed by atoms with Crippen molar-refractivity contribution in [3.8, 4) is 11.5 Å². The number of fused-ring (bicyclic) bond motifs is 1. The average molecular weight is 303 g/mol. The Hall–Kier alpha value is -1.91. The van der Waals surface area contributed by atoms with Crippen LogP contribution in [0.3, 0.4) is 0 Å².